The van der Waals surface area contributed by atoms with Gasteiger partial charge in [0.1, 0.15) is 5.60 Å². The van der Waals surface area contributed by atoms with Gasteiger partial charge in [-0.2, -0.15) is 0 Å². The minimum atomic E-state index is -0.518. The molecule has 0 aromatic carbocycles. The molecular formula is C19H32N2O4. The maximum atomic E-state index is 13.2. The number of aliphatic hydroxyl groups is 1. The number of ether oxygens (including phenoxy) is 1. The smallest absolute Gasteiger partial charge is 0.410 e. The Kier molecular flexibility index (Phi) is 5.02. The standard InChI is InChI=1S/C19H32N2O4/c1-18(2,3)25-17(24)20-11-4-9-19(13-20)10-12-21(16(19)23)14-5-7-15(22)8-6-14/h14-15,22H,4-13H2,1-3H3/t14-,15+,19?. The third kappa shape index (κ3) is 3.94. The lowest BCUT2D eigenvalue weighted by molar-refractivity contribution is -0.141. The molecule has 2 amide bonds. The molecule has 0 bridgehead atoms. The zero-order valence-electron chi connectivity index (χ0n) is 15.8. The van der Waals surface area contributed by atoms with Gasteiger partial charge < -0.3 is 19.6 Å². The van der Waals surface area contributed by atoms with E-state index in [4.69, 9.17) is 4.74 Å². The SMILES string of the molecule is CC(C)(C)OC(=O)N1CCCC2(CCN([C@H]3CC[C@@H](O)CC3)C2=O)C1. The topological polar surface area (TPSA) is 70.1 Å². The monoisotopic (exact) mass is 352 g/mol. The average molecular weight is 352 g/mol. The summed E-state index contributed by atoms with van der Waals surface area (Å²) in [5.74, 6) is 0.210. The number of aliphatic hydroxyl groups excluding tert-OH is 1. The van der Waals surface area contributed by atoms with E-state index >= 15 is 0 Å². The number of carbonyl (C=O) groups excluding carboxylic acids is 2. The summed E-state index contributed by atoms with van der Waals surface area (Å²) in [6, 6.07) is 0.257. The van der Waals surface area contributed by atoms with Crippen molar-refractivity contribution in [2.75, 3.05) is 19.6 Å². The fourth-order valence-electron chi connectivity index (χ4n) is 4.56. The van der Waals surface area contributed by atoms with Crippen LogP contribution in [0.1, 0.15) is 65.7 Å². The Hall–Kier alpha value is -1.30. The summed E-state index contributed by atoms with van der Waals surface area (Å²) in [4.78, 5) is 29.4. The molecule has 1 saturated carbocycles. The average Bonchev–Trinajstić information content (AvgIpc) is 2.83. The van der Waals surface area contributed by atoms with Crippen LogP contribution < -0.4 is 0 Å². The van der Waals surface area contributed by atoms with Crippen molar-refractivity contribution >= 4 is 12.0 Å². The van der Waals surface area contributed by atoms with Crippen molar-refractivity contribution in [1.82, 2.24) is 9.80 Å². The highest BCUT2D eigenvalue weighted by Crippen LogP contribution is 2.42. The van der Waals surface area contributed by atoms with Crippen molar-refractivity contribution in [3.63, 3.8) is 0 Å². The van der Waals surface area contributed by atoms with E-state index in [1.807, 2.05) is 25.7 Å². The molecule has 2 heterocycles. The summed E-state index contributed by atoms with van der Waals surface area (Å²) in [5, 5.41) is 9.70. The van der Waals surface area contributed by atoms with Gasteiger partial charge in [-0.15, -0.1) is 0 Å². The van der Waals surface area contributed by atoms with Gasteiger partial charge >= 0.3 is 6.09 Å². The Morgan fingerprint density at radius 2 is 1.84 bits per heavy atom. The van der Waals surface area contributed by atoms with Gasteiger partial charge in [-0.3, -0.25) is 4.79 Å². The van der Waals surface area contributed by atoms with Gasteiger partial charge in [-0.25, -0.2) is 4.79 Å². The molecule has 1 aliphatic carbocycles. The Morgan fingerprint density at radius 3 is 2.48 bits per heavy atom. The molecule has 1 N–H and O–H groups in total. The highest BCUT2D eigenvalue weighted by atomic mass is 16.6. The Balaban J connectivity index is 1.65. The first-order chi connectivity index (χ1) is 11.7. The fourth-order valence-corrected chi connectivity index (χ4v) is 4.56. The molecule has 6 heteroatoms. The molecule has 1 spiro atoms. The molecule has 3 aliphatic rings. The van der Waals surface area contributed by atoms with Crippen LogP contribution in [0.3, 0.4) is 0 Å². The molecule has 25 heavy (non-hydrogen) atoms. The summed E-state index contributed by atoms with van der Waals surface area (Å²) in [7, 11) is 0. The normalized spacial score (nSPS) is 33.8. The number of hydrogen-bond donors (Lipinski definition) is 1. The second-order valence-corrected chi connectivity index (χ2v) is 9.00. The number of nitrogens with zero attached hydrogens (tertiary/aromatic N) is 2. The van der Waals surface area contributed by atoms with Crippen LogP contribution in [0.15, 0.2) is 0 Å². The predicted molar refractivity (Wildman–Crippen MR) is 94.1 cm³/mol. The van der Waals surface area contributed by atoms with Gasteiger partial charge in [0.05, 0.1) is 11.5 Å². The number of hydrogen-bond acceptors (Lipinski definition) is 4. The van der Waals surface area contributed by atoms with E-state index < -0.39 is 11.0 Å². The number of rotatable bonds is 1. The van der Waals surface area contributed by atoms with E-state index in [1.165, 1.54) is 0 Å². The lowest BCUT2D eigenvalue weighted by Gasteiger charge is -2.40. The predicted octanol–water partition coefficient (Wildman–Crippen LogP) is 2.54. The molecular weight excluding hydrogens is 320 g/mol. The molecule has 142 valence electrons. The molecule has 2 saturated heterocycles. The second kappa shape index (κ2) is 6.78. The Bertz CT molecular complexity index is 522. The maximum Gasteiger partial charge on any atom is 0.410 e. The van der Waals surface area contributed by atoms with E-state index in [1.54, 1.807) is 4.90 Å². The van der Waals surface area contributed by atoms with Crippen molar-refractivity contribution < 1.29 is 19.4 Å². The fraction of sp³-hybridized carbons (Fsp3) is 0.895. The van der Waals surface area contributed by atoms with Crippen LogP contribution in [-0.4, -0.2) is 64.3 Å². The van der Waals surface area contributed by atoms with Gasteiger partial charge in [0.25, 0.3) is 0 Å². The van der Waals surface area contributed by atoms with E-state index in [2.05, 4.69) is 0 Å². The summed E-state index contributed by atoms with van der Waals surface area (Å²) in [6.07, 6.45) is 5.36. The third-order valence-corrected chi connectivity index (χ3v) is 5.88. The number of likely N-dealkylation sites (tertiary alicyclic amines) is 2. The molecule has 1 unspecified atom stereocenters. The zero-order valence-corrected chi connectivity index (χ0v) is 15.8. The summed E-state index contributed by atoms with van der Waals surface area (Å²) < 4.78 is 5.50. The molecule has 1 atom stereocenters. The quantitative estimate of drug-likeness (QED) is 0.787. The van der Waals surface area contributed by atoms with Gasteiger partial charge in [0.2, 0.25) is 5.91 Å². The molecule has 6 nitrogen and oxygen atoms in total. The van der Waals surface area contributed by atoms with Crippen LogP contribution in [0.5, 0.6) is 0 Å². The van der Waals surface area contributed by atoms with Crippen LogP contribution in [0.4, 0.5) is 4.79 Å². The van der Waals surface area contributed by atoms with Crippen LogP contribution in [0.25, 0.3) is 0 Å². The molecule has 0 radical (unpaired) electrons. The van der Waals surface area contributed by atoms with Crippen molar-refractivity contribution in [2.45, 2.75) is 83.5 Å². The minimum absolute atomic E-state index is 0.208. The van der Waals surface area contributed by atoms with Crippen LogP contribution in [0.2, 0.25) is 0 Å². The van der Waals surface area contributed by atoms with E-state index in [0.29, 0.717) is 13.1 Å². The molecule has 0 aromatic rings. The number of amides is 2. The second-order valence-electron chi connectivity index (χ2n) is 9.00. The van der Waals surface area contributed by atoms with Gasteiger partial charge in [0.15, 0.2) is 0 Å². The molecule has 2 aliphatic heterocycles. The van der Waals surface area contributed by atoms with Crippen molar-refractivity contribution in [1.29, 1.82) is 0 Å². The first-order valence-electron chi connectivity index (χ1n) is 9.67. The maximum absolute atomic E-state index is 13.2. The third-order valence-electron chi connectivity index (χ3n) is 5.88. The summed E-state index contributed by atoms with van der Waals surface area (Å²) >= 11 is 0. The Labute approximate surface area is 150 Å². The largest absolute Gasteiger partial charge is 0.444 e. The van der Waals surface area contributed by atoms with E-state index in [9.17, 15) is 14.7 Å². The van der Waals surface area contributed by atoms with E-state index in [-0.39, 0.29) is 24.1 Å². The van der Waals surface area contributed by atoms with Crippen LogP contribution in [0, 0.1) is 5.41 Å². The van der Waals surface area contributed by atoms with E-state index in [0.717, 1.165) is 51.5 Å². The van der Waals surface area contributed by atoms with Crippen molar-refractivity contribution in [3.05, 3.63) is 0 Å². The lowest BCUT2D eigenvalue weighted by Crippen LogP contribution is -2.52. The van der Waals surface area contributed by atoms with Gasteiger partial charge in [-0.1, -0.05) is 0 Å². The number of carbonyl (C=O) groups is 2. The molecule has 3 rings (SSSR count). The molecule has 0 aromatic heterocycles. The minimum Gasteiger partial charge on any atom is -0.444 e. The first kappa shape index (κ1) is 18.5. The zero-order chi connectivity index (χ0) is 18.2. The van der Waals surface area contributed by atoms with Crippen molar-refractivity contribution in [2.24, 2.45) is 5.41 Å². The highest BCUT2D eigenvalue weighted by molar-refractivity contribution is 5.86. The van der Waals surface area contributed by atoms with Gasteiger partial charge in [0, 0.05) is 25.7 Å². The highest BCUT2D eigenvalue weighted by Gasteiger charge is 2.51. The number of piperidine rings is 1. The first-order valence-corrected chi connectivity index (χ1v) is 9.67. The van der Waals surface area contributed by atoms with Crippen LogP contribution in [-0.2, 0) is 9.53 Å². The van der Waals surface area contributed by atoms with Crippen molar-refractivity contribution in [3.8, 4) is 0 Å². The van der Waals surface area contributed by atoms with Gasteiger partial charge in [-0.05, 0) is 65.7 Å². The summed E-state index contributed by atoms with van der Waals surface area (Å²) in [5.41, 5.74) is -0.943. The van der Waals surface area contributed by atoms with Crippen LogP contribution >= 0.6 is 0 Å². The summed E-state index contributed by atoms with van der Waals surface area (Å²) in [6.45, 7) is 7.52. The Morgan fingerprint density at radius 1 is 1.16 bits per heavy atom. The lowest BCUT2D eigenvalue weighted by atomic mass is 9.78. The molecule has 3 fully saturated rings.